The van der Waals surface area contributed by atoms with Gasteiger partial charge in [0.25, 0.3) is 5.91 Å². The van der Waals surface area contributed by atoms with E-state index >= 15 is 0 Å². The fourth-order valence-corrected chi connectivity index (χ4v) is 3.98. The van der Waals surface area contributed by atoms with Gasteiger partial charge < -0.3 is 5.32 Å². The molecule has 0 bridgehead atoms. The van der Waals surface area contributed by atoms with Gasteiger partial charge in [-0.05, 0) is 36.8 Å². The minimum Gasteiger partial charge on any atom is -0.358 e. The van der Waals surface area contributed by atoms with Crippen molar-refractivity contribution in [2.45, 2.75) is 26.8 Å². The number of nitrogens with one attached hydrogen (secondary N) is 2. The quantitative estimate of drug-likeness (QED) is 0.466. The number of rotatable bonds is 5. The molecule has 0 saturated carbocycles. The number of carbonyl (C=O) groups excluding carboxylic acids is 1. The summed E-state index contributed by atoms with van der Waals surface area (Å²) in [4.78, 5) is 13.1. The molecule has 0 aliphatic carbocycles. The second-order valence-electron chi connectivity index (χ2n) is 6.77. The summed E-state index contributed by atoms with van der Waals surface area (Å²) in [6.45, 7) is 4.49. The van der Waals surface area contributed by atoms with Gasteiger partial charge in [-0.15, -0.1) is 10.2 Å². The molecule has 0 saturated heterocycles. The van der Waals surface area contributed by atoms with Crippen LogP contribution >= 0.6 is 23.6 Å². The average Bonchev–Trinajstić information content (AvgIpc) is 3.33. The van der Waals surface area contributed by atoms with Gasteiger partial charge in [0, 0.05) is 24.1 Å². The first-order valence-electron chi connectivity index (χ1n) is 9.50. The second-order valence-corrected chi connectivity index (χ2v) is 8.14. The highest BCUT2D eigenvalue weighted by Crippen LogP contribution is 2.25. The van der Waals surface area contributed by atoms with Crippen LogP contribution in [-0.2, 0) is 13.0 Å². The first-order chi connectivity index (χ1) is 14.5. The van der Waals surface area contributed by atoms with Gasteiger partial charge in [-0.1, -0.05) is 60.2 Å². The number of amides is 1. The van der Waals surface area contributed by atoms with Crippen molar-refractivity contribution in [2.75, 3.05) is 0 Å². The molecular formula is C21H20N6OS2. The molecule has 0 spiro atoms. The molecule has 9 heteroatoms. The maximum absolute atomic E-state index is 12.3. The number of thiocarbonyl (C=S) groups is 1. The van der Waals surface area contributed by atoms with Crippen molar-refractivity contribution in [2.24, 2.45) is 0 Å². The van der Waals surface area contributed by atoms with Crippen LogP contribution in [0.5, 0.6) is 0 Å². The van der Waals surface area contributed by atoms with Crippen LogP contribution in [-0.4, -0.2) is 30.8 Å². The Kier molecular flexibility index (Phi) is 5.82. The summed E-state index contributed by atoms with van der Waals surface area (Å²) in [6, 6.07) is 15.4. The maximum Gasteiger partial charge on any atom is 0.257 e. The van der Waals surface area contributed by atoms with Crippen molar-refractivity contribution >= 4 is 39.5 Å². The molecule has 2 heterocycles. The van der Waals surface area contributed by atoms with Crippen molar-refractivity contribution in [3.05, 3.63) is 71.0 Å². The molecule has 152 valence electrons. The largest absolute Gasteiger partial charge is 0.358 e. The lowest BCUT2D eigenvalue weighted by Gasteiger charge is -2.10. The summed E-state index contributed by atoms with van der Waals surface area (Å²) in [6.07, 6.45) is 0.787. The number of carbonyl (C=O) groups is 1. The summed E-state index contributed by atoms with van der Waals surface area (Å²) in [5.74, 6) is 0.635. The van der Waals surface area contributed by atoms with E-state index in [4.69, 9.17) is 12.2 Å². The lowest BCUT2D eigenvalue weighted by atomic mass is 10.1. The highest BCUT2D eigenvalue weighted by molar-refractivity contribution is 7.80. The van der Waals surface area contributed by atoms with Gasteiger partial charge in [-0.2, -0.15) is 9.61 Å². The number of hydrogen-bond donors (Lipinski definition) is 2. The summed E-state index contributed by atoms with van der Waals surface area (Å²) < 4.78 is 1.80. The monoisotopic (exact) mass is 436 g/mol. The van der Waals surface area contributed by atoms with E-state index < -0.39 is 0 Å². The Morgan fingerprint density at radius 1 is 1.17 bits per heavy atom. The van der Waals surface area contributed by atoms with E-state index in [0.717, 1.165) is 38.9 Å². The molecule has 4 aromatic rings. The molecule has 2 aromatic heterocycles. The van der Waals surface area contributed by atoms with Gasteiger partial charge in [0.05, 0.1) is 0 Å². The van der Waals surface area contributed by atoms with E-state index in [-0.39, 0.29) is 5.91 Å². The lowest BCUT2D eigenvalue weighted by molar-refractivity contribution is 0.0976. The van der Waals surface area contributed by atoms with Crippen molar-refractivity contribution in [1.82, 2.24) is 30.4 Å². The highest BCUT2D eigenvalue weighted by atomic mass is 32.1. The number of nitrogens with zero attached hydrogens (tertiary/aromatic N) is 4. The van der Waals surface area contributed by atoms with E-state index in [1.165, 1.54) is 11.3 Å². The number of aromatic nitrogens is 4. The van der Waals surface area contributed by atoms with Crippen molar-refractivity contribution in [3.8, 4) is 10.6 Å². The fourth-order valence-electron chi connectivity index (χ4n) is 2.95. The van der Waals surface area contributed by atoms with E-state index in [0.29, 0.717) is 17.2 Å². The molecule has 0 atom stereocenters. The molecule has 0 fully saturated rings. The fraction of sp³-hybridized carbons (Fsp3) is 0.190. The van der Waals surface area contributed by atoms with E-state index in [1.807, 2.05) is 56.3 Å². The predicted octanol–water partition coefficient (Wildman–Crippen LogP) is 3.53. The van der Waals surface area contributed by atoms with Crippen molar-refractivity contribution in [1.29, 1.82) is 0 Å². The summed E-state index contributed by atoms with van der Waals surface area (Å²) in [5, 5.41) is 19.9. The predicted molar refractivity (Wildman–Crippen MR) is 122 cm³/mol. The Morgan fingerprint density at radius 3 is 2.70 bits per heavy atom. The number of hydrogen-bond acceptors (Lipinski definition) is 6. The molecule has 0 unspecified atom stereocenters. The molecule has 0 radical (unpaired) electrons. The topological polar surface area (TPSA) is 84.2 Å². The molecule has 2 aromatic carbocycles. The van der Waals surface area contributed by atoms with Crippen LogP contribution in [0.15, 0.2) is 48.5 Å². The van der Waals surface area contributed by atoms with Crippen LogP contribution in [0.3, 0.4) is 0 Å². The van der Waals surface area contributed by atoms with Crippen LogP contribution in [0, 0.1) is 6.92 Å². The third-order valence-electron chi connectivity index (χ3n) is 4.53. The summed E-state index contributed by atoms with van der Waals surface area (Å²) in [7, 11) is 0. The number of benzene rings is 2. The Labute approximate surface area is 183 Å². The van der Waals surface area contributed by atoms with E-state index in [1.54, 1.807) is 10.6 Å². The SMILES string of the molecule is CCc1nnc2sc(-c3ccc(CNC(=S)NC(=O)c4cccc(C)c4)cc3)nn12. The average molecular weight is 437 g/mol. The van der Waals surface area contributed by atoms with Gasteiger partial charge in [0.1, 0.15) is 5.01 Å². The Balaban J connectivity index is 1.35. The van der Waals surface area contributed by atoms with E-state index in [2.05, 4.69) is 25.9 Å². The van der Waals surface area contributed by atoms with Crippen molar-refractivity contribution in [3.63, 3.8) is 0 Å². The maximum atomic E-state index is 12.3. The van der Waals surface area contributed by atoms with Crippen LogP contribution < -0.4 is 10.6 Å². The Hall–Kier alpha value is -3.17. The Morgan fingerprint density at radius 2 is 1.97 bits per heavy atom. The zero-order valence-corrected chi connectivity index (χ0v) is 18.2. The lowest BCUT2D eigenvalue weighted by Crippen LogP contribution is -2.38. The standard InChI is InChI=1S/C21H20N6OS2/c1-3-17-24-25-21-27(17)26-19(30-21)15-9-7-14(8-10-15)12-22-20(29)23-18(28)16-6-4-5-13(2)11-16/h4-11H,3,12H2,1-2H3,(H2,22,23,28,29). The van der Waals surface area contributed by atoms with Gasteiger partial charge in [-0.3, -0.25) is 10.1 Å². The molecule has 1 amide bonds. The van der Waals surface area contributed by atoms with Gasteiger partial charge in [0.15, 0.2) is 10.9 Å². The smallest absolute Gasteiger partial charge is 0.257 e. The first kappa shape index (κ1) is 20.1. The molecule has 30 heavy (non-hydrogen) atoms. The van der Waals surface area contributed by atoms with Gasteiger partial charge >= 0.3 is 0 Å². The first-order valence-corrected chi connectivity index (χ1v) is 10.7. The molecule has 0 aliphatic heterocycles. The number of fused-ring (bicyclic) bond motifs is 1. The van der Waals surface area contributed by atoms with Gasteiger partial charge in [0.2, 0.25) is 4.96 Å². The second kappa shape index (κ2) is 8.68. The van der Waals surface area contributed by atoms with Crippen LogP contribution in [0.1, 0.15) is 34.2 Å². The van der Waals surface area contributed by atoms with Crippen molar-refractivity contribution < 1.29 is 4.79 Å². The highest BCUT2D eigenvalue weighted by Gasteiger charge is 2.12. The van der Waals surface area contributed by atoms with E-state index in [9.17, 15) is 4.79 Å². The third kappa shape index (κ3) is 4.37. The zero-order valence-electron chi connectivity index (χ0n) is 16.5. The van der Waals surface area contributed by atoms with Crippen LogP contribution in [0.2, 0.25) is 0 Å². The van der Waals surface area contributed by atoms with Crippen LogP contribution in [0.25, 0.3) is 15.5 Å². The molecule has 0 aliphatic rings. The summed E-state index contributed by atoms with van der Waals surface area (Å²) in [5.41, 5.74) is 3.67. The molecule has 4 rings (SSSR count). The van der Waals surface area contributed by atoms with Crippen LogP contribution in [0.4, 0.5) is 0 Å². The molecule has 2 N–H and O–H groups in total. The molecule has 7 nitrogen and oxygen atoms in total. The molecular weight excluding hydrogens is 416 g/mol. The minimum absolute atomic E-state index is 0.221. The minimum atomic E-state index is -0.221. The number of aryl methyl sites for hydroxylation is 2. The zero-order chi connectivity index (χ0) is 21.1. The Bertz CT molecular complexity index is 1210. The third-order valence-corrected chi connectivity index (χ3v) is 5.73. The normalized spacial score (nSPS) is 10.9. The van der Waals surface area contributed by atoms with Gasteiger partial charge in [-0.25, -0.2) is 0 Å². The summed E-state index contributed by atoms with van der Waals surface area (Å²) >= 11 is 6.76.